The van der Waals surface area contributed by atoms with Crippen molar-refractivity contribution >= 4 is 0 Å². The lowest BCUT2D eigenvalue weighted by Gasteiger charge is -2.17. The van der Waals surface area contributed by atoms with E-state index < -0.39 is 11.6 Å². The van der Waals surface area contributed by atoms with Crippen molar-refractivity contribution in [3.05, 3.63) is 35.4 Å². The SMILES string of the molecule is CC1CCCC1NCc1ccc(F)c(F)c1. The maximum Gasteiger partial charge on any atom is 0.159 e. The normalized spacial score (nSPS) is 24.9. The Kier molecular flexibility index (Phi) is 3.54. The molecule has 1 aliphatic rings. The van der Waals surface area contributed by atoms with Gasteiger partial charge in [0.25, 0.3) is 0 Å². The first-order valence-corrected chi connectivity index (χ1v) is 5.84. The Labute approximate surface area is 94.9 Å². The molecule has 2 unspecified atom stereocenters. The average Bonchev–Trinajstić information content (AvgIpc) is 2.66. The van der Waals surface area contributed by atoms with Crippen LogP contribution in [0.1, 0.15) is 31.7 Å². The van der Waals surface area contributed by atoms with Gasteiger partial charge in [-0.05, 0) is 36.5 Å². The highest BCUT2D eigenvalue weighted by molar-refractivity contribution is 5.17. The van der Waals surface area contributed by atoms with Gasteiger partial charge in [0.2, 0.25) is 0 Å². The topological polar surface area (TPSA) is 12.0 Å². The number of halogens is 2. The Bertz CT molecular complexity index is 365. The first kappa shape index (κ1) is 11.5. The first-order valence-electron chi connectivity index (χ1n) is 5.84. The second-order valence-corrected chi connectivity index (χ2v) is 4.64. The number of nitrogens with one attached hydrogen (secondary N) is 1. The molecule has 1 saturated carbocycles. The van der Waals surface area contributed by atoms with Gasteiger partial charge >= 0.3 is 0 Å². The lowest BCUT2D eigenvalue weighted by atomic mass is 10.1. The maximum absolute atomic E-state index is 13.0. The molecule has 0 amide bonds. The Morgan fingerprint density at radius 2 is 2.06 bits per heavy atom. The van der Waals surface area contributed by atoms with E-state index >= 15 is 0 Å². The zero-order chi connectivity index (χ0) is 11.5. The monoisotopic (exact) mass is 225 g/mol. The highest BCUT2D eigenvalue weighted by Gasteiger charge is 2.22. The fourth-order valence-electron chi connectivity index (χ4n) is 2.35. The number of hydrogen-bond donors (Lipinski definition) is 1. The predicted molar refractivity (Wildman–Crippen MR) is 60.0 cm³/mol. The summed E-state index contributed by atoms with van der Waals surface area (Å²) in [5.41, 5.74) is 0.804. The summed E-state index contributed by atoms with van der Waals surface area (Å²) in [4.78, 5) is 0. The van der Waals surface area contributed by atoms with Crippen LogP contribution in [-0.2, 0) is 6.54 Å². The summed E-state index contributed by atoms with van der Waals surface area (Å²) >= 11 is 0. The van der Waals surface area contributed by atoms with Crippen molar-refractivity contribution in [1.82, 2.24) is 5.32 Å². The molecule has 1 aliphatic carbocycles. The maximum atomic E-state index is 13.0. The minimum atomic E-state index is -0.780. The highest BCUT2D eigenvalue weighted by atomic mass is 19.2. The second kappa shape index (κ2) is 4.91. The van der Waals surface area contributed by atoms with Gasteiger partial charge in [0, 0.05) is 12.6 Å². The lowest BCUT2D eigenvalue weighted by molar-refractivity contribution is 0.424. The molecule has 1 N–H and O–H groups in total. The molecule has 0 aromatic heterocycles. The largest absolute Gasteiger partial charge is 0.310 e. The van der Waals surface area contributed by atoms with E-state index in [4.69, 9.17) is 0 Å². The molecule has 0 radical (unpaired) electrons. The quantitative estimate of drug-likeness (QED) is 0.832. The van der Waals surface area contributed by atoms with Crippen molar-refractivity contribution in [2.75, 3.05) is 0 Å². The Balaban J connectivity index is 1.91. The van der Waals surface area contributed by atoms with Crippen LogP contribution in [0.25, 0.3) is 0 Å². The third-order valence-corrected chi connectivity index (χ3v) is 3.41. The number of hydrogen-bond acceptors (Lipinski definition) is 1. The van der Waals surface area contributed by atoms with Gasteiger partial charge in [-0.3, -0.25) is 0 Å². The van der Waals surface area contributed by atoms with Crippen LogP contribution in [0.2, 0.25) is 0 Å². The molecule has 1 aromatic carbocycles. The van der Waals surface area contributed by atoms with Crippen molar-refractivity contribution in [2.45, 2.75) is 38.8 Å². The molecule has 0 spiro atoms. The Morgan fingerprint density at radius 1 is 1.25 bits per heavy atom. The third-order valence-electron chi connectivity index (χ3n) is 3.41. The van der Waals surface area contributed by atoms with Crippen molar-refractivity contribution in [1.29, 1.82) is 0 Å². The molecule has 88 valence electrons. The van der Waals surface area contributed by atoms with Gasteiger partial charge in [-0.1, -0.05) is 19.4 Å². The van der Waals surface area contributed by atoms with Gasteiger partial charge in [-0.25, -0.2) is 8.78 Å². The van der Waals surface area contributed by atoms with Crippen LogP contribution in [0.15, 0.2) is 18.2 Å². The molecular formula is C13H17F2N. The summed E-state index contributed by atoms with van der Waals surface area (Å²) in [5, 5.41) is 3.41. The zero-order valence-corrected chi connectivity index (χ0v) is 9.47. The van der Waals surface area contributed by atoms with Gasteiger partial charge < -0.3 is 5.32 Å². The molecule has 0 saturated heterocycles. The summed E-state index contributed by atoms with van der Waals surface area (Å²) in [6.45, 7) is 2.85. The van der Waals surface area contributed by atoms with Gasteiger partial charge in [0.05, 0.1) is 0 Å². The predicted octanol–water partition coefficient (Wildman–Crippen LogP) is 3.24. The van der Waals surface area contributed by atoms with Crippen LogP contribution >= 0.6 is 0 Å². The highest BCUT2D eigenvalue weighted by Crippen LogP contribution is 2.25. The second-order valence-electron chi connectivity index (χ2n) is 4.64. The van der Waals surface area contributed by atoms with Crippen LogP contribution in [0.3, 0.4) is 0 Å². The summed E-state index contributed by atoms with van der Waals surface area (Å²) < 4.78 is 25.7. The van der Waals surface area contributed by atoms with E-state index in [-0.39, 0.29) is 0 Å². The zero-order valence-electron chi connectivity index (χ0n) is 9.47. The van der Waals surface area contributed by atoms with Crippen LogP contribution in [0.5, 0.6) is 0 Å². The van der Waals surface area contributed by atoms with Crippen molar-refractivity contribution in [3.63, 3.8) is 0 Å². The van der Waals surface area contributed by atoms with E-state index in [1.807, 2.05) is 0 Å². The average molecular weight is 225 g/mol. The van der Waals surface area contributed by atoms with E-state index in [2.05, 4.69) is 12.2 Å². The minimum absolute atomic E-state index is 0.521. The molecule has 2 rings (SSSR count). The molecular weight excluding hydrogens is 208 g/mol. The molecule has 3 heteroatoms. The first-order chi connectivity index (χ1) is 7.66. The van der Waals surface area contributed by atoms with Gasteiger partial charge in [0.15, 0.2) is 11.6 Å². The summed E-state index contributed by atoms with van der Waals surface area (Å²) in [6, 6.07) is 4.60. The van der Waals surface area contributed by atoms with E-state index in [1.165, 1.54) is 31.4 Å². The van der Waals surface area contributed by atoms with E-state index in [0.29, 0.717) is 18.5 Å². The summed E-state index contributed by atoms with van der Waals surface area (Å²) in [5.74, 6) is -0.859. The van der Waals surface area contributed by atoms with E-state index in [0.717, 1.165) is 5.56 Å². The van der Waals surface area contributed by atoms with Crippen molar-refractivity contribution < 1.29 is 8.78 Å². The molecule has 0 heterocycles. The fraction of sp³-hybridized carbons (Fsp3) is 0.538. The van der Waals surface area contributed by atoms with Crippen LogP contribution < -0.4 is 5.32 Å². The van der Waals surface area contributed by atoms with Crippen LogP contribution in [0.4, 0.5) is 8.78 Å². The van der Waals surface area contributed by atoms with Crippen LogP contribution in [0, 0.1) is 17.6 Å². The molecule has 1 nitrogen and oxygen atoms in total. The standard InChI is InChI=1S/C13H17F2N/c1-9-3-2-4-13(9)16-8-10-5-6-11(14)12(15)7-10/h5-7,9,13,16H,2-4,8H2,1H3. The van der Waals surface area contributed by atoms with Gasteiger partial charge in [0.1, 0.15) is 0 Å². The third kappa shape index (κ3) is 2.59. The van der Waals surface area contributed by atoms with Crippen molar-refractivity contribution in [3.8, 4) is 0 Å². The minimum Gasteiger partial charge on any atom is -0.310 e. The Morgan fingerprint density at radius 3 is 2.69 bits per heavy atom. The molecule has 1 aromatic rings. The Hall–Kier alpha value is -0.960. The molecule has 1 fully saturated rings. The molecule has 0 aliphatic heterocycles. The van der Waals surface area contributed by atoms with Gasteiger partial charge in [-0.2, -0.15) is 0 Å². The number of rotatable bonds is 3. The summed E-state index contributed by atoms with van der Waals surface area (Å²) in [7, 11) is 0. The molecule has 0 bridgehead atoms. The molecule has 2 atom stereocenters. The van der Waals surface area contributed by atoms with Crippen LogP contribution in [-0.4, -0.2) is 6.04 Å². The van der Waals surface area contributed by atoms with E-state index in [1.54, 1.807) is 6.07 Å². The number of benzene rings is 1. The fourth-order valence-corrected chi connectivity index (χ4v) is 2.35. The summed E-state index contributed by atoms with van der Waals surface area (Å²) in [6.07, 6.45) is 3.71. The lowest BCUT2D eigenvalue weighted by Crippen LogP contribution is -2.30. The van der Waals surface area contributed by atoms with Gasteiger partial charge in [-0.15, -0.1) is 0 Å². The van der Waals surface area contributed by atoms with E-state index in [9.17, 15) is 8.78 Å². The smallest absolute Gasteiger partial charge is 0.159 e. The van der Waals surface area contributed by atoms with Crippen molar-refractivity contribution in [2.24, 2.45) is 5.92 Å². The molecule has 16 heavy (non-hydrogen) atoms.